The van der Waals surface area contributed by atoms with Crippen molar-refractivity contribution in [2.75, 3.05) is 7.11 Å². The molecule has 0 aliphatic rings. The van der Waals surface area contributed by atoms with Gasteiger partial charge in [-0.15, -0.1) is 0 Å². The van der Waals surface area contributed by atoms with E-state index < -0.39 is 5.97 Å². The highest BCUT2D eigenvalue weighted by molar-refractivity contribution is 5.90. The van der Waals surface area contributed by atoms with Crippen molar-refractivity contribution in [1.82, 2.24) is 0 Å². The minimum absolute atomic E-state index is 0.181. The van der Waals surface area contributed by atoms with Gasteiger partial charge in [0.25, 0.3) is 0 Å². The Bertz CT molecular complexity index is 965. The number of methoxy groups -OCH3 is 1. The number of carboxylic acids is 1. The second-order valence-corrected chi connectivity index (χ2v) is 5.49. The molecule has 5 nitrogen and oxygen atoms in total. The zero-order valence-corrected chi connectivity index (χ0v) is 13.2. The van der Waals surface area contributed by atoms with Crippen LogP contribution in [-0.4, -0.2) is 18.2 Å². The van der Waals surface area contributed by atoms with Crippen LogP contribution in [-0.2, 0) is 0 Å². The largest absolute Gasteiger partial charge is 0.497 e. The van der Waals surface area contributed by atoms with E-state index in [0.717, 1.165) is 5.39 Å². The molecule has 120 valence electrons. The monoisotopic (exact) mass is 321 g/mol. The van der Waals surface area contributed by atoms with E-state index in [1.165, 1.54) is 13.2 Å². The number of furan rings is 1. The van der Waals surface area contributed by atoms with Gasteiger partial charge in [-0.1, -0.05) is 13.0 Å². The molecular formula is C19H15NO4. The lowest BCUT2D eigenvalue weighted by Crippen LogP contribution is -2.06. The molecule has 3 aromatic rings. The van der Waals surface area contributed by atoms with E-state index in [1.54, 1.807) is 30.3 Å². The number of ether oxygens (including phenoxy) is 1. The molecule has 0 saturated heterocycles. The number of aromatic carboxylic acids is 1. The van der Waals surface area contributed by atoms with Crippen LogP contribution in [0.1, 0.15) is 40.1 Å². The van der Waals surface area contributed by atoms with Gasteiger partial charge in [-0.05, 0) is 42.0 Å². The molecule has 2 aromatic carbocycles. The Morgan fingerprint density at radius 1 is 1.25 bits per heavy atom. The Morgan fingerprint density at radius 2 is 2.04 bits per heavy atom. The normalized spacial score (nSPS) is 11.9. The van der Waals surface area contributed by atoms with E-state index in [0.29, 0.717) is 28.2 Å². The van der Waals surface area contributed by atoms with Crippen LogP contribution in [0.15, 0.2) is 46.9 Å². The average molecular weight is 321 g/mol. The quantitative estimate of drug-likeness (QED) is 0.780. The van der Waals surface area contributed by atoms with Gasteiger partial charge in [-0.25, -0.2) is 4.79 Å². The molecule has 0 amide bonds. The molecule has 3 rings (SSSR count). The lowest BCUT2D eigenvalue weighted by molar-refractivity contribution is 0.0695. The standard InChI is InChI=1S/C19H15NO4/c1-11(15-5-4-14(23-2)9-16(15)19(21)22)18-8-13-7-12(10-20)3-6-17(13)24-18/h3-9,11H,1-2H3,(H,21,22). The molecule has 0 saturated carbocycles. The third-order valence-electron chi connectivity index (χ3n) is 4.05. The van der Waals surface area contributed by atoms with Crippen LogP contribution in [0, 0.1) is 11.3 Å². The summed E-state index contributed by atoms with van der Waals surface area (Å²) < 4.78 is 10.9. The van der Waals surface area contributed by atoms with Crippen molar-refractivity contribution in [3.8, 4) is 11.8 Å². The smallest absolute Gasteiger partial charge is 0.336 e. The van der Waals surface area contributed by atoms with Crippen molar-refractivity contribution in [3.05, 3.63) is 64.9 Å². The molecular weight excluding hydrogens is 306 g/mol. The fourth-order valence-corrected chi connectivity index (χ4v) is 2.73. The second kappa shape index (κ2) is 6.09. The van der Waals surface area contributed by atoms with Crippen LogP contribution >= 0.6 is 0 Å². The molecule has 0 aliphatic heterocycles. The Morgan fingerprint density at radius 3 is 2.71 bits per heavy atom. The molecule has 0 aliphatic carbocycles. The van der Waals surface area contributed by atoms with Crippen molar-refractivity contribution in [2.45, 2.75) is 12.8 Å². The van der Waals surface area contributed by atoms with E-state index in [9.17, 15) is 9.90 Å². The molecule has 0 bridgehead atoms. The maximum Gasteiger partial charge on any atom is 0.336 e. The van der Waals surface area contributed by atoms with Gasteiger partial charge in [0.15, 0.2) is 0 Å². The Balaban J connectivity index is 2.07. The Kier molecular flexibility index (Phi) is 3.97. The van der Waals surface area contributed by atoms with Gasteiger partial charge in [0.2, 0.25) is 0 Å². The van der Waals surface area contributed by atoms with Crippen LogP contribution in [0.5, 0.6) is 5.75 Å². The highest BCUT2D eigenvalue weighted by Gasteiger charge is 2.21. The molecule has 24 heavy (non-hydrogen) atoms. The van der Waals surface area contributed by atoms with Gasteiger partial charge >= 0.3 is 5.97 Å². The summed E-state index contributed by atoms with van der Waals surface area (Å²) in [7, 11) is 1.50. The van der Waals surface area contributed by atoms with Crippen LogP contribution in [0.2, 0.25) is 0 Å². The molecule has 1 unspecified atom stereocenters. The Labute approximate surface area is 138 Å². The minimum atomic E-state index is -1.02. The fraction of sp³-hybridized carbons (Fsp3) is 0.158. The van der Waals surface area contributed by atoms with Crippen molar-refractivity contribution < 1.29 is 19.1 Å². The van der Waals surface area contributed by atoms with E-state index in [2.05, 4.69) is 6.07 Å². The maximum absolute atomic E-state index is 11.6. The van der Waals surface area contributed by atoms with Crippen molar-refractivity contribution >= 4 is 16.9 Å². The van der Waals surface area contributed by atoms with Gasteiger partial charge in [0.05, 0.1) is 24.3 Å². The van der Waals surface area contributed by atoms with E-state index in [1.807, 2.05) is 13.0 Å². The summed E-state index contributed by atoms with van der Waals surface area (Å²) in [5, 5.41) is 19.3. The highest BCUT2D eigenvalue weighted by Crippen LogP contribution is 2.33. The summed E-state index contributed by atoms with van der Waals surface area (Å²) in [6.07, 6.45) is 0. The predicted molar refractivity (Wildman–Crippen MR) is 88.4 cm³/mol. The predicted octanol–water partition coefficient (Wildman–Crippen LogP) is 4.16. The topological polar surface area (TPSA) is 83.5 Å². The molecule has 0 spiro atoms. The number of hydrogen-bond acceptors (Lipinski definition) is 4. The van der Waals surface area contributed by atoms with Gasteiger partial charge in [-0.2, -0.15) is 5.26 Å². The first-order chi connectivity index (χ1) is 11.5. The number of carbonyl (C=O) groups is 1. The van der Waals surface area contributed by atoms with Crippen LogP contribution < -0.4 is 4.74 Å². The van der Waals surface area contributed by atoms with Crippen LogP contribution in [0.3, 0.4) is 0 Å². The highest BCUT2D eigenvalue weighted by atomic mass is 16.5. The van der Waals surface area contributed by atoms with Gasteiger partial charge in [-0.3, -0.25) is 0 Å². The molecule has 1 N–H and O–H groups in total. The fourth-order valence-electron chi connectivity index (χ4n) is 2.73. The molecule has 1 heterocycles. The number of nitrogens with zero attached hydrogens (tertiary/aromatic N) is 1. The third kappa shape index (κ3) is 2.70. The Hall–Kier alpha value is -3.26. The zero-order valence-electron chi connectivity index (χ0n) is 13.2. The third-order valence-corrected chi connectivity index (χ3v) is 4.05. The van der Waals surface area contributed by atoms with Crippen molar-refractivity contribution in [3.63, 3.8) is 0 Å². The van der Waals surface area contributed by atoms with E-state index >= 15 is 0 Å². The summed E-state index contributed by atoms with van der Waals surface area (Å²) in [6.45, 7) is 1.89. The lowest BCUT2D eigenvalue weighted by Gasteiger charge is -2.13. The van der Waals surface area contributed by atoms with E-state index in [4.69, 9.17) is 14.4 Å². The average Bonchev–Trinajstić information content (AvgIpc) is 3.03. The van der Waals surface area contributed by atoms with E-state index in [-0.39, 0.29) is 11.5 Å². The summed E-state index contributed by atoms with van der Waals surface area (Å²) >= 11 is 0. The first-order valence-corrected chi connectivity index (χ1v) is 7.38. The zero-order chi connectivity index (χ0) is 17.3. The second-order valence-electron chi connectivity index (χ2n) is 5.49. The number of benzene rings is 2. The number of rotatable bonds is 4. The number of carboxylic acid groups (broad SMARTS) is 1. The molecule has 5 heteroatoms. The first-order valence-electron chi connectivity index (χ1n) is 7.38. The van der Waals surface area contributed by atoms with Gasteiger partial charge < -0.3 is 14.3 Å². The molecule has 1 aromatic heterocycles. The van der Waals surface area contributed by atoms with Gasteiger partial charge in [0, 0.05) is 11.3 Å². The van der Waals surface area contributed by atoms with Crippen LogP contribution in [0.4, 0.5) is 0 Å². The summed E-state index contributed by atoms with van der Waals surface area (Å²) in [5.74, 6) is -0.127. The molecule has 0 radical (unpaired) electrons. The summed E-state index contributed by atoms with van der Waals surface area (Å²) in [5.41, 5.74) is 2.04. The summed E-state index contributed by atoms with van der Waals surface area (Å²) in [4.78, 5) is 11.6. The number of nitriles is 1. The summed E-state index contributed by atoms with van der Waals surface area (Å²) in [6, 6.07) is 14.1. The van der Waals surface area contributed by atoms with Crippen molar-refractivity contribution in [1.29, 1.82) is 5.26 Å². The first kappa shape index (κ1) is 15.6. The van der Waals surface area contributed by atoms with Gasteiger partial charge in [0.1, 0.15) is 17.1 Å². The minimum Gasteiger partial charge on any atom is -0.497 e. The maximum atomic E-state index is 11.6. The lowest BCUT2D eigenvalue weighted by atomic mass is 9.93. The van der Waals surface area contributed by atoms with Crippen molar-refractivity contribution in [2.24, 2.45) is 0 Å². The number of hydrogen-bond donors (Lipinski definition) is 1. The van der Waals surface area contributed by atoms with Crippen LogP contribution in [0.25, 0.3) is 11.0 Å². The SMILES string of the molecule is COc1ccc(C(C)c2cc3cc(C#N)ccc3o2)c(C(=O)O)c1. The number of fused-ring (bicyclic) bond motifs is 1. The molecule has 1 atom stereocenters. The molecule has 0 fully saturated rings.